The van der Waals surface area contributed by atoms with Crippen LogP contribution >= 0.6 is 0 Å². The Morgan fingerprint density at radius 2 is 2.00 bits per heavy atom. The van der Waals surface area contributed by atoms with Crippen molar-refractivity contribution in [2.24, 2.45) is 0 Å². The van der Waals surface area contributed by atoms with Crippen molar-refractivity contribution in [3.05, 3.63) is 47.8 Å². The number of benzene rings is 1. The molecule has 1 aromatic heterocycles. The molecule has 0 aliphatic carbocycles. The fraction of sp³-hybridized carbons (Fsp3) is 0.353. The maximum Gasteiger partial charge on any atom is 0.435 e. The summed E-state index contributed by atoms with van der Waals surface area (Å²) in [6.45, 7) is 1.77. The molecule has 10 heteroatoms. The molecule has 2 aromatic rings. The molecule has 0 radical (unpaired) electrons. The van der Waals surface area contributed by atoms with Crippen LogP contribution in [0.3, 0.4) is 0 Å². The first kappa shape index (κ1) is 18.9. The summed E-state index contributed by atoms with van der Waals surface area (Å²) >= 11 is 0. The van der Waals surface area contributed by atoms with Crippen molar-refractivity contribution >= 4 is 11.9 Å². The Balaban J connectivity index is 1.83. The van der Waals surface area contributed by atoms with Crippen LogP contribution in [0.25, 0.3) is 5.69 Å². The number of carbonyl (C=O) groups excluding carboxylic acids is 1. The Morgan fingerprint density at radius 1 is 1.26 bits per heavy atom. The highest BCUT2D eigenvalue weighted by Crippen LogP contribution is 2.28. The summed E-state index contributed by atoms with van der Waals surface area (Å²) in [5.41, 5.74) is -0.534. The zero-order chi connectivity index (χ0) is 19.8. The second-order valence-corrected chi connectivity index (χ2v) is 6.18. The highest BCUT2D eigenvalue weighted by Gasteiger charge is 2.34. The Labute approximate surface area is 151 Å². The molecule has 144 valence electrons. The van der Waals surface area contributed by atoms with E-state index in [9.17, 15) is 22.8 Å². The minimum atomic E-state index is -4.56. The van der Waals surface area contributed by atoms with Crippen molar-refractivity contribution in [2.45, 2.75) is 25.3 Å². The van der Waals surface area contributed by atoms with Crippen LogP contribution in [0.5, 0.6) is 0 Å². The number of alkyl halides is 3. The maximum absolute atomic E-state index is 12.7. The molecule has 3 rings (SSSR count). The summed E-state index contributed by atoms with van der Waals surface area (Å²) in [4.78, 5) is 25.2. The van der Waals surface area contributed by atoms with Crippen LogP contribution < -0.4 is 0 Å². The molecular formula is C17H16F3N3O4. The summed E-state index contributed by atoms with van der Waals surface area (Å²) in [6.07, 6.45) is -4.98. The van der Waals surface area contributed by atoms with Gasteiger partial charge in [-0.25, -0.2) is 9.48 Å². The van der Waals surface area contributed by atoms with Crippen LogP contribution in [0.1, 0.15) is 23.0 Å². The summed E-state index contributed by atoms with van der Waals surface area (Å²) in [5.74, 6) is -1.59. The molecule has 0 bridgehead atoms. The van der Waals surface area contributed by atoms with E-state index >= 15 is 0 Å². The smallest absolute Gasteiger partial charge is 0.435 e. The van der Waals surface area contributed by atoms with Gasteiger partial charge in [-0.05, 0) is 31.2 Å². The van der Waals surface area contributed by atoms with Crippen LogP contribution in [-0.2, 0) is 15.7 Å². The number of aromatic nitrogens is 2. The highest BCUT2D eigenvalue weighted by atomic mass is 19.4. The first-order chi connectivity index (χ1) is 12.6. The van der Waals surface area contributed by atoms with E-state index in [1.807, 2.05) is 0 Å². The summed E-state index contributed by atoms with van der Waals surface area (Å²) in [7, 11) is 0. The average molecular weight is 383 g/mol. The van der Waals surface area contributed by atoms with Gasteiger partial charge in [-0.15, -0.1) is 0 Å². The number of ether oxygens (including phenoxy) is 1. The standard InChI is InChI=1S/C17H16F3N3O4/c1-10-8-22(9-13(27-10)16(25)26)15(24)11-3-2-4-12(7-11)23-6-5-14(21-23)17(18,19)20/h2-7,10,13H,8-9H2,1H3,(H,25,26)/t10-,13?/m1/s1. The predicted octanol–water partition coefficient (Wildman–Crippen LogP) is 2.21. The number of hydrogen-bond acceptors (Lipinski definition) is 4. The molecule has 0 spiro atoms. The topological polar surface area (TPSA) is 84.7 Å². The number of carboxylic acid groups (broad SMARTS) is 1. The first-order valence-corrected chi connectivity index (χ1v) is 8.06. The van der Waals surface area contributed by atoms with E-state index in [0.29, 0.717) is 0 Å². The lowest BCUT2D eigenvalue weighted by molar-refractivity contribution is -0.160. The zero-order valence-corrected chi connectivity index (χ0v) is 14.2. The molecule has 2 heterocycles. The normalized spacial score (nSPS) is 20.5. The van der Waals surface area contributed by atoms with E-state index in [2.05, 4.69) is 5.10 Å². The van der Waals surface area contributed by atoms with Gasteiger partial charge in [0.05, 0.1) is 18.3 Å². The van der Waals surface area contributed by atoms with Gasteiger partial charge in [0.2, 0.25) is 0 Å². The number of rotatable bonds is 3. The van der Waals surface area contributed by atoms with Gasteiger partial charge in [0.1, 0.15) is 0 Å². The minimum Gasteiger partial charge on any atom is -0.479 e. The van der Waals surface area contributed by atoms with Gasteiger partial charge in [-0.3, -0.25) is 4.79 Å². The molecule has 1 aromatic carbocycles. The number of carbonyl (C=O) groups is 2. The third-order valence-corrected chi connectivity index (χ3v) is 4.06. The van der Waals surface area contributed by atoms with Crippen molar-refractivity contribution in [1.29, 1.82) is 0 Å². The Morgan fingerprint density at radius 3 is 2.63 bits per heavy atom. The monoisotopic (exact) mass is 383 g/mol. The van der Waals surface area contributed by atoms with Crippen LogP contribution in [0.15, 0.2) is 36.5 Å². The minimum absolute atomic E-state index is 0.108. The number of hydrogen-bond donors (Lipinski definition) is 1. The fourth-order valence-corrected chi connectivity index (χ4v) is 2.84. The van der Waals surface area contributed by atoms with Gasteiger partial charge in [-0.1, -0.05) is 6.07 Å². The zero-order valence-electron chi connectivity index (χ0n) is 14.2. The van der Waals surface area contributed by atoms with E-state index in [-0.39, 0.29) is 24.3 Å². The highest BCUT2D eigenvalue weighted by molar-refractivity contribution is 5.95. The lowest BCUT2D eigenvalue weighted by Gasteiger charge is -2.35. The Kier molecular flexibility index (Phi) is 4.92. The molecule has 1 saturated heterocycles. The molecule has 1 aliphatic rings. The largest absolute Gasteiger partial charge is 0.479 e. The van der Waals surface area contributed by atoms with E-state index < -0.39 is 36.0 Å². The Hall–Kier alpha value is -2.88. The van der Waals surface area contributed by atoms with Gasteiger partial charge < -0.3 is 14.7 Å². The van der Waals surface area contributed by atoms with Crippen LogP contribution in [0.2, 0.25) is 0 Å². The van der Waals surface area contributed by atoms with E-state index in [4.69, 9.17) is 9.84 Å². The number of nitrogens with zero attached hydrogens (tertiary/aromatic N) is 3. The number of morpholine rings is 1. The summed E-state index contributed by atoms with van der Waals surface area (Å²) in [5, 5.41) is 12.6. The summed E-state index contributed by atoms with van der Waals surface area (Å²) in [6, 6.07) is 6.80. The van der Waals surface area contributed by atoms with Crippen molar-refractivity contribution in [1.82, 2.24) is 14.7 Å². The number of aliphatic carboxylic acids is 1. The van der Waals surface area contributed by atoms with Crippen molar-refractivity contribution in [3.8, 4) is 5.69 Å². The molecule has 0 saturated carbocycles. The molecule has 27 heavy (non-hydrogen) atoms. The van der Waals surface area contributed by atoms with Gasteiger partial charge in [0, 0.05) is 18.3 Å². The third kappa shape index (κ3) is 4.11. The predicted molar refractivity (Wildman–Crippen MR) is 86.4 cm³/mol. The lowest BCUT2D eigenvalue weighted by Crippen LogP contribution is -2.51. The van der Waals surface area contributed by atoms with Gasteiger partial charge in [-0.2, -0.15) is 18.3 Å². The second kappa shape index (κ2) is 7.03. The van der Waals surface area contributed by atoms with Crippen molar-refractivity contribution in [2.75, 3.05) is 13.1 Å². The van der Waals surface area contributed by atoms with Crippen molar-refractivity contribution < 1.29 is 32.6 Å². The Bertz CT molecular complexity index is 865. The van der Waals surface area contributed by atoms with Crippen LogP contribution in [0, 0.1) is 0 Å². The SMILES string of the molecule is C[C@@H]1CN(C(=O)c2cccc(-n3ccc(C(F)(F)F)n3)c2)CC(C(=O)O)O1. The number of amides is 1. The quantitative estimate of drug-likeness (QED) is 0.879. The molecule has 1 N–H and O–H groups in total. The van der Waals surface area contributed by atoms with E-state index in [1.54, 1.807) is 6.92 Å². The van der Waals surface area contributed by atoms with Crippen molar-refractivity contribution in [3.63, 3.8) is 0 Å². The third-order valence-electron chi connectivity index (χ3n) is 4.06. The first-order valence-electron chi connectivity index (χ1n) is 8.06. The average Bonchev–Trinajstić information content (AvgIpc) is 3.11. The van der Waals surface area contributed by atoms with E-state index in [0.717, 1.165) is 16.9 Å². The molecule has 1 aliphatic heterocycles. The molecule has 1 fully saturated rings. The lowest BCUT2D eigenvalue weighted by atomic mass is 10.1. The molecule has 1 amide bonds. The van der Waals surface area contributed by atoms with Crippen LogP contribution in [0.4, 0.5) is 13.2 Å². The molecule has 2 atom stereocenters. The number of carboxylic acids is 1. The molecule has 7 nitrogen and oxygen atoms in total. The maximum atomic E-state index is 12.7. The van der Waals surface area contributed by atoms with Gasteiger partial charge in [0.25, 0.3) is 5.91 Å². The second-order valence-electron chi connectivity index (χ2n) is 6.18. The summed E-state index contributed by atoms with van der Waals surface area (Å²) < 4.78 is 44.4. The van der Waals surface area contributed by atoms with Crippen LogP contribution in [-0.4, -0.2) is 57.0 Å². The fourth-order valence-electron chi connectivity index (χ4n) is 2.84. The molecule has 1 unspecified atom stereocenters. The van der Waals surface area contributed by atoms with Gasteiger partial charge in [0.15, 0.2) is 11.8 Å². The number of halogens is 3. The molecular weight excluding hydrogens is 367 g/mol. The van der Waals surface area contributed by atoms with Gasteiger partial charge >= 0.3 is 12.1 Å². The van der Waals surface area contributed by atoms with E-state index in [1.165, 1.54) is 29.2 Å².